The fourth-order valence-electron chi connectivity index (χ4n) is 3.97. The number of imidazole rings is 1. The number of hydrogen-bond acceptors (Lipinski definition) is 6. The molecule has 0 aliphatic heterocycles. The van der Waals surface area contributed by atoms with Gasteiger partial charge in [0.25, 0.3) is 5.91 Å². The molecule has 4 rings (SSSR count). The summed E-state index contributed by atoms with van der Waals surface area (Å²) in [5.41, 5.74) is 2.29. The van der Waals surface area contributed by atoms with Gasteiger partial charge in [0, 0.05) is 5.56 Å². The molecule has 1 amide bonds. The Morgan fingerprint density at radius 3 is 2.29 bits per heavy atom. The molecule has 182 valence electrons. The second-order valence-corrected chi connectivity index (χ2v) is 7.87. The lowest BCUT2D eigenvalue weighted by molar-refractivity contribution is 0.0937. The van der Waals surface area contributed by atoms with Crippen LogP contribution in [-0.2, 0) is 6.54 Å². The maximum absolute atomic E-state index is 13.0. The van der Waals surface area contributed by atoms with Gasteiger partial charge in [-0.15, -0.1) is 0 Å². The van der Waals surface area contributed by atoms with Crippen LogP contribution >= 0.6 is 0 Å². The number of nitrogens with zero attached hydrogens (tertiary/aromatic N) is 2. The van der Waals surface area contributed by atoms with Gasteiger partial charge in [-0.2, -0.15) is 0 Å². The quantitative estimate of drug-likeness (QED) is 0.360. The highest BCUT2D eigenvalue weighted by Crippen LogP contribution is 2.29. The maximum Gasteiger partial charge on any atom is 0.251 e. The van der Waals surface area contributed by atoms with Crippen LogP contribution in [0.4, 0.5) is 0 Å². The summed E-state index contributed by atoms with van der Waals surface area (Å²) in [6.07, 6.45) is 0. The Balaban J connectivity index is 1.54. The van der Waals surface area contributed by atoms with Crippen molar-refractivity contribution in [2.45, 2.75) is 19.5 Å². The van der Waals surface area contributed by atoms with Crippen molar-refractivity contribution in [3.8, 4) is 23.0 Å². The molecule has 0 fully saturated rings. The Morgan fingerprint density at radius 1 is 0.886 bits per heavy atom. The summed E-state index contributed by atoms with van der Waals surface area (Å²) in [6.45, 7) is 2.87. The summed E-state index contributed by atoms with van der Waals surface area (Å²) >= 11 is 0. The lowest BCUT2D eigenvalue weighted by Crippen LogP contribution is -2.29. The minimum Gasteiger partial charge on any atom is -0.493 e. The molecule has 0 bridgehead atoms. The minimum atomic E-state index is -0.353. The zero-order chi connectivity index (χ0) is 24.8. The van der Waals surface area contributed by atoms with E-state index in [0.717, 1.165) is 16.9 Å². The molecule has 35 heavy (non-hydrogen) atoms. The van der Waals surface area contributed by atoms with E-state index in [1.807, 2.05) is 55.5 Å². The first-order chi connectivity index (χ1) is 17.0. The highest BCUT2D eigenvalue weighted by molar-refractivity contribution is 5.95. The van der Waals surface area contributed by atoms with Crippen molar-refractivity contribution < 1.29 is 23.7 Å². The number of hydrogen-bond donors (Lipinski definition) is 1. The number of aromatic nitrogens is 2. The topological polar surface area (TPSA) is 83.8 Å². The van der Waals surface area contributed by atoms with Gasteiger partial charge in [-0.1, -0.05) is 24.3 Å². The number of ether oxygens (including phenoxy) is 4. The molecule has 1 unspecified atom stereocenters. The highest BCUT2D eigenvalue weighted by atomic mass is 16.5. The largest absolute Gasteiger partial charge is 0.493 e. The molecule has 8 heteroatoms. The Hall–Kier alpha value is -4.20. The number of benzene rings is 3. The number of carbonyl (C=O) groups is 1. The molecule has 8 nitrogen and oxygen atoms in total. The Kier molecular flexibility index (Phi) is 7.40. The van der Waals surface area contributed by atoms with Crippen LogP contribution in [0, 0.1) is 0 Å². The molecule has 1 atom stereocenters. The standard InChI is InChI=1S/C27H29N3O5/c1-18(28-27(31)19-13-14-23(33-3)25(17-19)34-4)26-29-20-9-5-6-10-21(20)30(26)15-16-35-24-12-8-7-11-22(24)32-2/h5-14,17-18H,15-16H2,1-4H3,(H,28,31). The first-order valence-corrected chi connectivity index (χ1v) is 11.3. The third-order valence-electron chi connectivity index (χ3n) is 5.71. The predicted molar refractivity (Wildman–Crippen MR) is 134 cm³/mol. The van der Waals surface area contributed by atoms with Crippen molar-refractivity contribution in [1.82, 2.24) is 14.9 Å². The third kappa shape index (κ3) is 5.16. The Bertz CT molecular complexity index is 1320. The van der Waals surface area contributed by atoms with Crippen molar-refractivity contribution in [3.63, 3.8) is 0 Å². The van der Waals surface area contributed by atoms with Gasteiger partial charge in [-0.05, 0) is 49.4 Å². The summed E-state index contributed by atoms with van der Waals surface area (Å²) in [4.78, 5) is 17.8. The molecule has 0 spiro atoms. The fourth-order valence-corrected chi connectivity index (χ4v) is 3.97. The molecule has 0 aliphatic rings. The highest BCUT2D eigenvalue weighted by Gasteiger charge is 2.20. The summed E-state index contributed by atoms with van der Waals surface area (Å²) in [5.74, 6) is 2.92. The van der Waals surface area contributed by atoms with Crippen LogP contribution in [0.5, 0.6) is 23.0 Å². The Morgan fingerprint density at radius 2 is 1.54 bits per heavy atom. The molecule has 0 aliphatic carbocycles. The molecule has 0 radical (unpaired) electrons. The van der Waals surface area contributed by atoms with Gasteiger partial charge in [0.1, 0.15) is 12.4 Å². The first kappa shape index (κ1) is 23.9. The molecule has 1 N–H and O–H groups in total. The van der Waals surface area contributed by atoms with Crippen LogP contribution in [-0.4, -0.2) is 43.4 Å². The van der Waals surface area contributed by atoms with Gasteiger partial charge in [0.05, 0.1) is 44.9 Å². The van der Waals surface area contributed by atoms with E-state index < -0.39 is 0 Å². The van der Waals surface area contributed by atoms with Crippen LogP contribution in [0.25, 0.3) is 11.0 Å². The number of rotatable bonds is 10. The molecule has 0 saturated carbocycles. The average Bonchev–Trinajstić information content (AvgIpc) is 3.27. The maximum atomic E-state index is 13.0. The minimum absolute atomic E-state index is 0.234. The molecule has 1 heterocycles. The van der Waals surface area contributed by atoms with E-state index in [1.165, 1.54) is 7.11 Å². The van der Waals surface area contributed by atoms with Gasteiger partial charge in [-0.25, -0.2) is 4.98 Å². The normalized spacial score (nSPS) is 11.7. The number of methoxy groups -OCH3 is 3. The van der Waals surface area contributed by atoms with Gasteiger partial charge in [0.15, 0.2) is 23.0 Å². The van der Waals surface area contributed by atoms with Crippen LogP contribution in [0.3, 0.4) is 0 Å². The predicted octanol–water partition coefficient (Wildman–Crippen LogP) is 4.63. The molecule has 1 aromatic heterocycles. The molecule has 4 aromatic rings. The van der Waals surface area contributed by atoms with Crippen molar-refractivity contribution >= 4 is 16.9 Å². The summed E-state index contributed by atoms with van der Waals surface area (Å²) in [7, 11) is 4.71. The molecular formula is C27H29N3O5. The first-order valence-electron chi connectivity index (χ1n) is 11.3. The SMILES string of the molecule is COc1ccc(C(=O)NC(C)c2nc3ccccc3n2CCOc2ccccc2OC)cc1OC. The smallest absolute Gasteiger partial charge is 0.251 e. The van der Waals surface area contributed by atoms with E-state index in [1.54, 1.807) is 32.4 Å². The summed E-state index contributed by atoms with van der Waals surface area (Å²) in [6, 6.07) is 20.1. The van der Waals surface area contributed by atoms with Crippen molar-refractivity contribution in [3.05, 3.63) is 78.1 Å². The zero-order valence-electron chi connectivity index (χ0n) is 20.3. The summed E-state index contributed by atoms with van der Waals surface area (Å²) in [5, 5.41) is 3.05. The number of fused-ring (bicyclic) bond motifs is 1. The molecular weight excluding hydrogens is 446 g/mol. The number of amides is 1. The summed E-state index contributed by atoms with van der Waals surface area (Å²) < 4.78 is 24.0. The number of carbonyl (C=O) groups excluding carboxylic acids is 1. The van der Waals surface area contributed by atoms with E-state index in [0.29, 0.717) is 41.7 Å². The van der Waals surface area contributed by atoms with Crippen LogP contribution in [0.15, 0.2) is 66.7 Å². The van der Waals surface area contributed by atoms with Gasteiger partial charge in [-0.3, -0.25) is 4.79 Å². The third-order valence-corrected chi connectivity index (χ3v) is 5.71. The molecule has 3 aromatic carbocycles. The van der Waals surface area contributed by atoms with Gasteiger partial charge < -0.3 is 28.8 Å². The lowest BCUT2D eigenvalue weighted by atomic mass is 10.1. The van der Waals surface area contributed by atoms with Gasteiger partial charge in [0.2, 0.25) is 0 Å². The average molecular weight is 476 g/mol. The van der Waals surface area contributed by atoms with E-state index in [-0.39, 0.29) is 11.9 Å². The van der Waals surface area contributed by atoms with Crippen molar-refractivity contribution in [2.24, 2.45) is 0 Å². The monoisotopic (exact) mass is 475 g/mol. The number of para-hydroxylation sites is 4. The van der Waals surface area contributed by atoms with Crippen LogP contribution < -0.4 is 24.3 Å². The second kappa shape index (κ2) is 10.8. The van der Waals surface area contributed by atoms with E-state index in [4.69, 9.17) is 23.9 Å². The van der Waals surface area contributed by atoms with Crippen molar-refractivity contribution in [2.75, 3.05) is 27.9 Å². The second-order valence-electron chi connectivity index (χ2n) is 7.87. The Labute approximate surface area is 204 Å². The lowest BCUT2D eigenvalue weighted by Gasteiger charge is -2.17. The van der Waals surface area contributed by atoms with E-state index in [2.05, 4.69) is 9.88 Å². The number of nitrogens with one attached hydrogen (secondary N) is 1. The van der Waals surface area contributed by atoms with Gasteiger partial charge >= 0.3 is 0 Å². The van der Waals surface area contributed by atoms with Crippen molar-refractivity contribution in [1.29, 1.82) is 0 Å². The van der Waals surface area contributed by atoms with E-state index >= 15 is 0 Å². The van der Waals surface area contributed by atoms with E-state index in [9.17, 15) is 4.79 Å². The zero-order valence-corrected chi connectivity index (χ0v) is 20.3. The van der Waals surface area contributed by atoms with Crippen LogP contribution in [0.2, 0.25) is 0 Å². The molecule has 0 saturated heterocycles. The van der Waals surface area contributed by atoms with Crippen LogP contribution in [0.1, 0.15) is 29.1 Å². The fraction of sp³-hybridized carbons (Fsp3) is 0.259.